The molecule has 0 saturated heterocycles. The van der Waals surface area contributed by atoms with E-state index < -0.39 is 12.0 Å². The summed E-state index contributed by atoms with van der Waals surface area (Å²) in [6, 6.07) is 0. The number of hydrogen-bond acceptors (Lipinski definition) is 2. The molecule has 82 valence electrons. The van der Waals surface area contributed by atoms with E-state index >= 15 is 0 Å². The van der Waals surface area contributed by atoms with Crippen molar-refractivity contribution in [2.24, 2.45) is 0 Å². The summed E-state index contributed by atoms with van der Waals surface area (Å²) in [5, 5.41) is 1.61. The zero-order chi connectivity index (χ0) is 11.0. The standard InChI is InChI=1S/C9H13F3OS/c10-9(11,12)8(13)6-4-2-1-3-5-7-14/h7H,1-6H2. The maximum atomic E-state index is 11.7. The first-order valence-electron chi connectivity index (χ1n) is 4.52. The number of halogens is 3. The Morgan fingerprint density at radius 3 is 2.21 bits per heavy atom. The molecule has 0 amide bonds. The normalized spacial score (nSPS) is 11.4. The second kappa shape index (κ2) is 6.92. The number of carbonyl (C=O) groups excluding carboxylic acids is 1. The Bertz CT molecular complexity index is 189. The number of rotatable bonds is 7. The maximum absolute atomic E-state index is 11.7. The highest BCUT2D eigenvalue weighted by Gasteiger charge is 2.36. The van der Waals surface area contributed by atoms with Crippen LogP contribution in [0.3, 0.4) is 0 Å². The average molecular weight is 226 g/mol. The molecule has 0 atom stereocenters. The van der Waals surface area contributed by atoms with Gasteiger partial charge in [0, 0.05) is 6.42 Å². The smallest absolute Gasteiger partial charge is 0.290 e. The minimum absolute atomic E-state index is 0.315. The minimum Gasteiger partial charge on any atom is -0.290 e. The van der Waals surface area contributed by atoms with Crippen LogP contribution in [-0.4, -0.2) is 17.3 Å². The first-order chi connectivity index (χ1) is 6.48. The topological polar surface area (TPSA) is 17.1 Å². The van der Waals surface area contributed by atoms with Crippen LogP contribution in [0.25, 0.3) is 0 Å². The predicted molar refractivity (Wildman–Crippen MR) is 52.4 cm³/mol. The number of unbranched alkanes of at least 4 members (excludes halogenated alkanes) is 4. The fraction of sp³-hybridized carbons (Fsp3) is 0.778. The van der Waals surface area contributed by atoms with E-state index in [1.165, 1.54) is 0 Å². The summed E-state index contributed by atoms with van der Waals surface area (Å²) in [5.74, 6) is -1.62. The summed E-state index contributed by atoms with van der Waals surface area (Å²) >= 11 is 4.59. The van der Waals surface area contributed by atoms with Crippen molar-refractivity contribution in [3.05, 3.63) is 0 Å². The van der Waals surface area contributed by atoms with E-state index in [1.807, 2.05) is 0 Å². The second-order valence-electron chi connectivity index (χ2n) is 3.04. The van der Waals surface area contributed by atoms with Gasteiger partial charge in [-0.05, 0) is 24.6 Å². The molecule has 0 aliphatic heterocycles. The average Bonchev–Trinajstić information content (AvgIpc) is 2.09. The van der Waals surface area contributed by atoms with Crippen molar-refractivity contribution in [3.63, 3.8) is 0 Å². The predicted octanol–water partition coefficient (Wildman–Crippen LogP) is 3.46. The molecule has 0 N–H and O–H groups in total. The van der Waals surface area contributed by atoms with E-state index in [0.717, 1.165) is 19.3 Å². The highest BCUT2D eigenvalue weighted by molar-refractivity contribution is 7.78. The van der Waals surface area contributed by atoms with Gasteiger partial charge >= 0.3 is 6.18 Å². The molecular weight excluding hydrogens is 213 g/mol. The fourth-order valence-electron chi connectivity index (χ4n) is 1.01. The fourth-order valence-corrected chi connectivity index (χ4v) is 1.18. The van der Waals surface area contributed by atoms with E-state index in [4.69, 9.17) is 0 Å². The monoisotopic (exact) mass is 226 g/mol. The Balaban J connectivity index is 3.37. The van der Waals surface area contributed by atoms with Gasteiger partial charge in [-0.3, -0.25) is 4.79 Å². The zero-order valence-corrected chi connectivity index (χ0v) is 8.59. The van der Waals surface area contributed by atoms with Crippen LogP contribution < -0.4 is 0 Å². The Labute approximate surface area is 86.7 Å². The molecule has 1 nitrogen and oxygen atoms in total. The lowest BCUT2D eigenvalue weighted by Gasteiger charge is -2.04. The maximum Gasteiger partial charge on any atom is 0.449 e. The summed E-state index contributed by atoms with van der Waals surface area (Å²) in [5.41, 5.74) is 0. The summed E-state index contributed by atoms with van der Waals surface area (Å²) in [6.45, 7) is 0. The first kappa shape index (κ1) is 13.5. The van der Waals surface area contributed by atoms with Crippen LogP contribution in [0, 0.1) is 0 Å². The van der Waals surface area contributed by atoms with Gasteiger partial charge in [-0.1, -0.05) is 25.1 Å². The quantitative estimate of drug-likeness (QED) is 0.488. The van der Waals surface area contributed by atoms with E-state index in [0.29, 0.717) is 12.8 Å². The third-order valence-electron chi connectivity index (χ3n) is 1.79. The molecule has 0 spiro atoms. The molecule has 0 heterocycles. The lowest BCUT2D eigenvalue weighted by atomic mass is 10.1. The number of ketones is 1. The molecule has 0 bridgehead atoms. The largest absolute Gasteiger partial charge is 0.449 e. The molecule has 0 fully saturated rings. The molecular formula is C9H13F3OS. The second-order valence-corrected chi connectivity index (χ2v) is 3.37. The lowest BCUT2D eigenvalue weighted by Crippen LogP contribution is -2.22. The van der Waals surface area contributed by atoms with Crippen molar-refractivity contribution in [1.82, 2.24) is 0 Å². The molecule has 14 heavy (non-hydrogen) atoms. The van der Waals surface area contributed by atoms with Crippen LogP contribution in [0.15, 0.2) is 0 Å². The van der Waals surface area contributed by atoms with Gasteiger partial charge in [0.15, 0.2) is 0 Å². The highest BCUT2D eigenvalue weighted by Crippen LogP contribution is 2.19. The van der Waals surface area contributed by atoms with Gasteiger partial charge in [-0.15, -0.1) is 0 Å². The van der Waals surface area contributed by atoms with Gasteiger partial charge in [-0.25, -0.2) is 0 Å². The number of carbonyl (C=O) groups is 1. The molecule has 0 aromatic rings. The van der Waals surface area contributed by atoms with Crippen molar-refractivity contribution in [2.45, 2.75) is 44.7 Å². The molecule has 0 aliphatic carbocycles. The molecule has 0 unspecified atom stereocenters. The molecule has 0 radical (unpaired) electrons. The van der Waals surface area contributed by atoms with Gasteiger partial charge < -0.3 is 0 Å². The zero-order valence-electron chi connectivity index (χ0n) is 7.77. The van der Waals surface area contributed by atoms with E-state index in [-0.39, 0.29) is 6.42 Å². The van der Waals surface area contributed by atoms with Gasteiger partial charge in [0.05, 0.1) is 0 Å². The van der Waals surface area contributed by atoms with Crippen LogP contribution in [0.2, 0.25) is 0 Å². The molecule has 0 aromatic heterocycles. The van der Waals surface area contributed by atoms with Gasteiger partial charge in [-0.2, -0.15) is 13.2 Å². The van der Waals surface area contributed by atoms with Crippen molar-refractivity contribution in [3.8, 4) is 0 Å². The molecule has 0 aromatic carbocycles. The Hall–Kier alpha value is -0.450. The van der Waals surface area contributed by atoms with Crippen LogP contribution in [-0.2, 0) is 4.79 Å². The van der Waals surface area contributed by atoms with Gasteiger partial charge in [0.1, 0.15) is 0 Å². The highest BCUT2D eigenvalue weighted by atomic mass is 32.1. The van der Waals surface area contributed by atoms with Crippen LogP contribution in [0.5, 0.6) is 0 Å². The summed E-state index contributed by atoms with van der Waals surface area (Å²) in [4.78, 5) is 10.4. The lowest BCUT2D eigenvalue weighted by molar-refractivity contribution is -0.171. The third kappa shape index (κ3) is 7.00. The Morgan fingerprint density at radius 1 is 1.14 bits per heavy atom. The number of thiocarbonyl (C=S) groups is 1. The van der Waals surface area contributed by atoms with Crippen molar-refractivity contribution < 1.29 is 18.0 Å². The van der Waals surface area contributed by atoms with Gasteiger partial charge in [0.25, 0.3) is 0 Å². The van der Waals surface area contributed by atoms with Crippen molar-refractivity contribution in [2.75, 3.05) is 0 Å². The summed E-state index contributed by atoms with van der Waals surface area (Å²) in [6.07, 6.45) is -1.54. The third-order valence-corrected chi connectivity index (χ3v) is 2.03. The van der Waals surface area contributed by atoms with E-state index in [2.05, 4.69) is 12.2 Å². The number of alkyl halides is 3. The Kier molecular flexibility index (Phi) is 6.70. The molecule has 0 saturated carbocycles. The number of Topliss-reactive ketones (excluding diaryl/α,β-unsaturated/α-hetero) is 1. The van der Waals surface area contributed by atoms with Crippen LogP contribution >= 0.6 is 12.2 Å². The van der Waals surface area contributed by atoms with Gasteiger partial charge in [0.2, 0.25) is 5.78 Å². The van der Waals surface area contributed by atoms with Crippen molar-refractivity contribution in [1.29, 1.82) is 0 Å². The van der Waals surface area contributed by atoms with E-state index in [9.17, 15) is 18.0 Å². The van der Waals surface area contributed by atoms with Crippen LogP contribution in [0.1, 0.15) is 38.5 Å². The minimum atomic E-state index is -4.66. The number of hydrogen-bond donors (Lipinski definition) is 0. The molecule has 0 aliphatic rings. The SMILES string of the molecule is O=C(CCCCCCC=S)C(F)(F)F. The Morgan fingerprint density at radius 2 is 1.71 bits per heavy atom. The van der Waals surface area contributed by atoms with E-state index in [1.54, 1.807) is 5.37 Å². The first-order valence-corrected chi connectivity index (χ1v) is 4.99. The van der Waals surface area contributed by atoms with Crippen molar-refractivity contribution >= 4 is 23.4 Å². The van der Waals surface area contributed by atoms with Crippen LogP contribution in [0.4, 0.5) is 13.2 Å². The molecule has 5 heteroatoms. The molecule has 0 rings (SSSR count). The summed E-state index contributed by atoms with van der Waals surface area (Å²) < 4.78 is 35.1. The summed E-state index contributed by atoms with van der Waals surface area (Å²) in [7, 11) is 0.